The fourth-order valence-corrected chi connectivity index (χ4v) is 2.29. The molecule has 0 bridgehead atoms. The summed E-state index contributed by atoms with van der Waals surface area (Å²) in [6.45, 7) is 2.19. The first kappa shape index (κ1) is 16.5. The van der Waals surface area contributed by atoms with E-state index >= 15 is 0 Å². The minimum absolute atomic E-state index is 0.0176. The molecule has 20 heavy (non-hydrogen) atoms. The molecule has 110 valence electrons. The average molecular weight is 297 g/mol. The lowest BCUT2D eigenvalue weighted by molar-refractivity contribution is -0.147. The Morgan fingerprint density at radius 1 is 1.30 bits per heavy atom. The standard InChI is InChI=1S/C14H19NO4S/c1-10-2-4-11(5-3-10)8-20-9-13(17)15-7-6-12(16)14(18)19/h2-5,12,16H,6-9H2,1H3,(H,15,17)(H,18,19)/t12-/m0/s1. The summed E-state index contributed by atoms with van der Waals surface area (Å²) in [5, 5.41) is 20.1. The fourth-order valence-electron chi connectivity index (χ4n) is 1.47. The van der Waals surface area contributed by atoms with Crippen molar-refractivity contribution in [2.75, 3.05) is 12.3 Å². The van der Waals surface area contributed by atoms with Gasteiger partial charge < -0.3 is 15.5 Å². The quantitative estimate of drug-likeness (QED) is 0.671. The number of aliphatic hydroxyl groups excluding tert-OH is 1. The van der Waals surface area contributed by atoms with Gasteiger partial charge in [0.25, 0.3) is 0 Å². The highest BCUT2D eigenvalue weighted by Crippen LogP contribution is 2.12. The molecule has 0 spiro atoms. The lowest BCUT2D eigenvalue weighted by atomic mass is 10.2. The highest BCUT2D eigenvalue weighted by Gasteiger charge is 2.12. The summed E-state index contributed by atoms with van der Waals surface area (Å²) in [7, 11) is 0. The predicted octanol–water partition coefficient (Wildman–Crippen LogP) is 1.18. The van der Waals surface area contributed by atoms with Crippen molar-refractivity contribution in [3.63, 3.8) is 0 Å². The third-order valence-corrected chi connectivity index (χ3v) is 3.65. The number of aryl methyl sites for hydroxylation is 1. The molecule has 1 aromatic carbocycles. The van der Waals surface area contributed by atoms with Crippen LogP contribution in [0.25, 0.3) is 0 Å². The largest absolute Gasteiger partial charge is 0.479 e. The molecule has 3 N–H and O–H groups in total. The fraction of sp³-hybridized carbons (Fsp3) is 0.429. The van der Waals surface area contributed by atoms with Crippen molar-refractivity contribution in [3.8, 4) is 0 Å². The Hall–Kier alpha value is -1.53. The summed E-state index contributed by atoms with van der Waals surface area (Å²) < 4.78 is 0. The monoisotopic (exact) mass is 297 g/mol. The summed E-state index contributed by atoms with van der Waals surface area (Å²) in [6, 6.07) is 8.12. The number of aliphatic hydroxyl groups is 1. The first-order valence-corrected chi connectivity index (χ1v) is 7.45. The van der Waals surface area contributed by atoms with E-state index in [1.165, 1.54) is 17.3 Å². The van der Waals surface area contributed by atoms with Crippen LogP contribution in [0.1, 0.15) is 17.5 Å². The molecule has 1 rings (SSSR count). The molecule has 5 nitrogen and oxygen atoms in total. The summed E-state index contributed by atoms with van der Waals surface area (Å²) in [5.41, 5.74) is 2.36. The number of thioether (sulfide) groups is 1. The van der Waals surface area contributed by atoms with Gasteiger partial charge in [0.2, 0.25) is 5.91 Å². The zero-order chi connectivity index (χ0) is 15.0. The Morgan fingerprint density at radius 2 is 1.95 bits per heavy atom. The highest BCUT2D eigenvalue weighted by molar-refractivity contribution is 7.99. The maximum atomic E-state index is 11.5. The van der Waals surface area contributed by atoms with Gasteiger partial charge in [-0.25, -0.2) is 4.79 Å². The maximum absolute atomic E-state index is 11.5. The molecular weight excluding hydrogens is 278 g/mol. The number of rotatable bonds is 8. The average Bonchev–Trinajstić information content (AvgIpc) is 2.40. The first-order valence-electron chi connectivity index (χ1n) is 6.30. The van der Waals surface area contributed by atoms with Gasteiger partial charge in [-0.1, -0.05) is 29.8 Å². The van der Waals surface area contributed by atoms with E-state index in [-0.39, 0.29) is 18.9 Å². The minimum atomic E-state index is -1.42. The number of carboxylic acid groups (broad SMARTS) is 1. The SMILES string of the molecule is Cc1ccc(CSCC(=O)NCC[C@H](O)C(=O)O)cc1. The van der Waals surface area contributed by atoms with Crippen molar-refractivity contribution in [1.82, 2.24) is 5.32 Å². The number of carbonyl (C=O) groups excluding carboxylic acids is 1. The molecular formula is C14H19NO4S. The first-order chi connectivity index (χ1) is 9.49. The van der Waals surface area contributed by atoms with E-state index in [0.29, 0.717) is 5.75 Å². The summed E-state index contributed by atoms with van der Waals surface area (Å²) in [6.07, 6.45) is -1.40. The van der Waals surface area contributed by atoms with Gasteiger partial charge in [0.15, 0.2) is 6.10 Å². The molecule has 0 saturated heterocycles. The molecule has 1 atom stereocenters. The molecule has 0 aromatic heterocycles. The molecule has 0 saturated carbocycles. The van der Waals surface area contributed by atoms with E-state index in [0.717, 1.165) is 11.3 Å². The molecule has 6 heteroatoms. The van der Waals surface area contributed by atoms with Gasteiger partial charge in [-0.2, -0.15) is 0 Å². The van der Waals surface area contributed by atoms with Gasteiger partial charge in [0, 0.05) is 18.7 Å². The molecule has 0 aliphatic carbocycles. The van der Waals surface area contributed by atoms with Crippen LogP contribution in [0.4, 0.5) is 0 Å². The molecule has 0 heterocycles. The van der Waals surface area contributed by atoms with Crippen molar-refractivity contribution in [3.05, 3.63) is 35.4 Å². The topological polar surface area (TPSA) is 86.6 Å². The van der Waals surface area contributed by atoms with E-state index in [1.54, 1.807) is 0 Å². The van der Waals surface area contributed by atoms with Crippen molar-refractivity contribution >= 4 is 23.6 Å². The van der Waals surface area contributed by atoms with Crippen LogP contribution in [0.5, 0.6) is 0 Å². The van der Waals surface area contributed by atoms with Crippen LogP contribution in [0.15, 0.2) is 24.3 Å². The van der Waals surface area contributed by atoms with Gasteiger partial charge in [-0.15, -0.1) is 11.8 Å². The number of carbonyl (C=O) groups is 2. The van der Waals surface area contributed by atoms with Crippen molar-refractivity contribution in [2.24, 2.45) is 0 Å². The van der Waals surface area contributed by atoms with Crippen molar-refractivity contribution in [2.45, 2.75) is 25.2 Å². The number of benzene rings is 1. The van der Waals surface area contributed by atoms with Crippen LogP contribution in [0.2, 0.25) is 0 Å². The molecule has 0 aliphatic heterocycles. The smallest absolute Gasteiger partial charge is 0.332 e. The molecule has 0 unspecified atom stereocenters. The normalized spacial score (nSPS) is 11.9. The number of aliphatic carboxylic acids is 1. The number of hydrogen-bond donors (Lipinski definition) is 3. The Kier molecular flexibility index (Phi) is 7.11. The molecule has 0 radical (unpaired) electrons. The van der Waals surface area contributed by atoms with Crippen LogP contribution < -0.4 is 5.32 Å². The van der Waals surface area contributed by atoms with Crippen molar-refractivity contribution in [1.29, 1.82) is 0 Å². The van der Waals surface area contributed by atoms with Gasteiger partial charge in [-0.3, -0.25) is 4.79 Å². The van der Waals surface area contributed by atoms with Gasteiger partial charge in [0.1, 0.15) is 0 Å². The number of hydrogen-bond acceptors (Lipinski definition) is 4. The Bertz CT molecular complexity index is 447. The molecule has 1 amide bonds. The summed E-state index contributed by atoms with van der Waals surface area (Å²) >= 11 is 1.49. The molecule has 0 aliphatic rings. The zero-order valence-electron chi connectivity index (χ0n) is 11.3. The Balaban J connectivity index is 2.14. The van der Waals surface area contributed by atoms with E-state index in [2.05, 4.69) is 5.32 Å². The zero-order valence-corrected chi connectivity index (χ0v) is 12.2. The van der Waals surface area contributed by atoms with Crippen LogP contribution in [-0.2, 0) is 15.3 Å². The number of nitrogens with one attached hydrogen (secondary N) is 1. The Labute approximate surface area is 122 Å². The highest BCUT2D eigenvalue weighted by atomic mass is 32.2. The van der Waals surface area contributed by atoms with Crippen LogP contribution in [0.3, 0.4) is 0 Å². The van der Waals surface area contributed by atoms with E-state index in [1.807, 2.05) is 31.2 Å². The van der Waals surface area contributed by atoms with E-state index < -0.39 is 12.1 Å². The Morgan fingerprint density at radius 3 is 2.55 bits per heavy atom. The van der Waals surface area contributed by atoms with Crippen molar-refractivity contribution < 1.29 is 19.8 Å². The summed E-state index contributed by atoms with van der Waals surface area (Å²) in [5.74, 6) is -0.352. The van der Waals surface area contributed by atoms with Gasteiger partial charge >= 0.3 is 5.97 Å². The third-order valence-electron chi connectivity index (χ3n) is 2.65. The van der Waals surface area contributed by atoms with Gasteiger partial charge in [-0.05, 0) is 12.5 Å². The predicted molar refractivity (Wildman–Crippen MR) is 78.6 cm³/mol. The maximum Gasteiger partial charge on any atom is 0.332 e. The van der Waals surface area contributed by atoms with Gasteiger partial charge in [0.05, 0.1) is 5.75 Å². The molecule has 1 aromatic rings. The number of carboxylic acids is 1. The van der Waals surface area contributed by atoms with E-state index in [4.69, 9.17) is 10.2 Å². The van der Waals surface area contributed by atoms with E-state index in [9.17, 15) is 9.59 Å². The number of amides is 1. The second kappa shape index (κ2) is 8.60. The van der Waals surface area contributed by atoms with Crippen LogP contribution >= 0.6 is 11.8 Å². The minimum Gasteiger partial charge on any atom is -0.479 e. The third kappa shape index (κ3) is 6.58. The lowest BCUT2D eigenvalue weighted by Crippen LogP contribution is -2.31. The second-order valence-electron chi connectivity index (χ2n) is 4.47. The van der Waals surface area contributed by atoms with Crippen LogP contribution in [-0.4, -0.2) is 40.5 Å². The second-order valence-corrected chi connectivity index (χ2v) is 5.46. The summed E-state index contributed by atoms with van der Waals surface area (Å²) in [4.78, 5) is 21.8. The van der Waals surface area contributed by atoms with Crippen LogP contribution in [0, 0.1) is 6.92 Å². The molecule has 0 fully saturated rings. The lowest BCUT2D eigenvalue weighted by Gasteiger charge is -2.07.